The molecule has 1 unspecified atom stereocenters. The van der Waals surface area contributed by atoms with E-state index in [1.54, 1.807) is 0 Å². The van der Waals surface area contributed by atoms with Crippen molar-refractivity contribution in [2.45, 2.75) is 52.4 Å². The van der Waals surface area contributed by atoms with Crippen LogP contribution < -0.4 is 5.73 Å². The first kappa shape index (κ1) is 17.8. The van der Waals surface area contributed by atoms with E-state index >= 15 is 0 Å². The summed E-state index contributed by atoms with van der Waals surface area (Å²) in [6.07, 6.45) is 4.43. The molecule has 1 fully saturated rings. The van der Waals surface area contributed by atoms with Crippen molar-refractivity contribution < 1.29 is 15.1 Å². The first-order valence-corrected chi connectivity index (χ1v) is 7.93. The summed E-state index contributed by atoms with van der Waals surface area (Å²) >= 11 is 0. The minimum absolute atomic E-state index is 0.0260. The highest BCUT2D eigenvalue weighted by atomic mass is 16.4. The second-order valence-electron chi connectivity index (χ2n) is 5.99. The lowest BCUT2D eigenvalue weighted by Crippen LogP contribution is -2.51. The van der Waals surface area contributed by atoms with Gasteiger partial charge in [-0.3, -0.25) is 4.79 Å². The van der Waals surface area contributed by atoms with E-state index in [1.807, 2.05) is 18.7 Å². The average Bonchev–Trinajstić information content (AvgIpc) is 2.94. The molecule has 0 aromatic carbocycles. The summed E-state index contributed by atoms with van der Waals surface area (Å²) in [5.41, 5.74) is 5.02. The van der Waals surface area contributed by atoms with Gasteiger partial charge in [-0.2, -0.15) is 0 Å². The Hall–Kier alpha value is -1.30. The number of rotatable bonds is 8. The number of amidine groups is 1. The van der Waals surface area contributed by atoms with Gasteiger partial charge < -0.3 is 20.9 Å². The number of nitrogens with two attached hydrogens (primary N) is 1. The zero-order chi connectivity index (χ0) is 15.9. The van der Waals surface area contributed by atoms with Gasteiger partial charge in [0.1, 0.15) is 5.41 Å². The van der Waals surface area contributed by atoms with E-state index in [-0.39, 0.29) is 18.3 Å². The molecule has 0 saturated carbocycles. The summed E-state index contributed by atoms with van der Waals surface area (Å²) in [5.74, 6) is 0.357. The fourth-order valence-corrected chi connectivity index (χ4v) is 3.39. The molecule has 21 heavy (non-hydrogen) atoms. The van der Waals surface area contributed by atoms with Gasteiger partial charge in [-0.25, -0.2) is 0 Å². The Labute approximate surface area is 127 Å². The molecule has 6 nitrogen and oxygen atoms in total. The molecule has 0 bridgehead atoms. The first-order chi connectivity index (χ1) is 10.1. The van der Waals surface area contributed by atoms with Gasteiger partial charge in [-0.1, -0.05) is 31.8 Å². The van der Waals surface area contributed by atoms with Crippen LogP contribution >= 0.6 is 0 Å². The number of amides is 1. The van der Waals surface area contributed by atoms with Crippen molar-refractivity contribution >= 4 is 11.7 Å². The molecule has 1 amide bonds. The van der Waals surface area contributed by atoms with E-state index in [4.69, 9.17) is 16.0 Å². The highest BCUT2D eigenvalue weighted by Gasteiger charge is 2.45. The number of aliphatic hydroxyl groups is 1. The standard InChI is InChI=1S/C15H29N3O3/c1-3-7-15(8-4-2,13(16)17-21)14(20)18-9-5-12(11-18)6-10-19/h12,19,21H,3-11H2,1-2H3,(H2,16,17). The van der Waals surface area contributed by atoms with E-state index in [0.717, 1.165) is 25.7 Å². The molecule has 0 radical (unpaired) electrons. The van der Waals surface area contributed by atoms with Crippen LogP contribution in [0.15, 0.2) is 5.16 Å². The minimum atomic E-state index is -0.883. The Bertz CT molecular complexity index is 365. The number of carbonyl (C=O) groups excluding carboxylic acids is 1. The van der Waals surface area contributed by atoms with Crippen molar-refractivity contribution in [3.63, 3.8) is 0 Å². The smallest absolute Gasteiger partial charge is 0.236 e. The molecule has 1 heterocycles. The normalized spacial score (nSPS) is 20.0. The number of likely N-dealkylation sites (tertiary alicyclic amines) is 1. The van der Waals surface area contributed by atoms with Crippen molar-refractivity contribution in [2.75, 3.05) is 19.7 Å². The van der Waals surface area contributed by atoms with Gasteiger partial charge in [-0.05, 0) is 31.6 Å². The Balaban J connectivity index is 2.95. The van der Waals surface area contributed by atoms with E-state index in [9.17, 15) is 4.79 Å². The van der Waals surface area contributed by atoms with Crippen LogP contribution in [0.3, 0.4) is 0 Å². The van der Waals surface area contributed by atoms with Crippen LogP contribution in [-0.4, -0.2) is 46.7 Å². The summed E-state index contributed by atoms with van der Waals surface area (Å²) in [6, 6.07) is 0. The largest absolute Gasteiger partial charge is 0.409 e. The molecule has 0 aliphatic carbocycles. The summed E-state index contributed by atoms with van der Waals surface area (Å²) < 4.78 is 0. The van der Waals surface area contributed by atoms with Crippen molar-refractivity contribution in [3.8, 4) is 0 Å². The van der Waals surface area contributed by atoms with E-state index in [1.165, 1.54) is 0 Å². The lowest BCUT2D eigenvalue weighted by Gasteiger charge is -2.34. The minimum Gasteiger partial charge on any atom is -0.409 e. The second-order valence-corrected chi connectivity index (χ2v) is 5.99. The van der Waals surface area contributed by atoms with Crippen LogP contribution in [0, 0.1) is 11.3 Å². The lowest BCUT2D eigenvalue weighted by atomic mass is 9.76. The molecule has 0 aromatic rings. The predicted molar refractivity (Wildman–Crippen MR) is 82.0 cm³/mol. The average molecular weight is 299 g/mol. The van der Waals surface area contributed by atoms with Crippen molar-refractivity contribution in [1.82, 2.24) is 4.90 Å². The summed E-state index contributed by atoms with van der Waals surface area (Å²) in [4.78, 5) is 14.8. The summed E-state index contributed by atoms with van der Waals surface area (Å²) in [5, 5.41) is 21.3. The number of carbonyl (C=O) groups is 1. The van der Waals surface area contributed by atoms with Gasteiger partial charge in [-0.15, -0.1) is 0 Å². The van der Waals surface area contributed by atoms with Crippen LogP contribution in [0.1, 0.15) is 52.4 Å². The molecular formula is C15H29N3O3. The summed E-state index contributed by atoms with van der Waals surface area (Å²) in [6.45, 7) is 5.51. The fourth-order valence-electron chi connectivity index (χ4n) is 3.39. The van der Waals surface area contributed by atoms with Crippen LogP contribution in [0.4, 0.5) is 0 Å². The molecule has 0 spiro atoms. The van der Waals surface area contributed by atoms with E-state index < -0.39 is 5.41 Å². The molecular weight excluding hydrogens is 270 g/mol. The van der Waals surface area contributed by atoms with Crippen molar-refractivity contribution in [3.05, 3.63) is 0 Å². The number of hydrogen-bond donors (Lipinski definition) is 3. The maximum absolute atomic E-state index is 13.0. The highest BCUT2D eigenvalue weighted by molar-refractivity contribution is 6.06. The Morgan fingerprint density at radius 2 is 2.00 bits per heavy atom. The molecule has 0 aromatic heterocycles. The zero-order valence-corrected chi connectivity index (χ0v) is 13.2. The zero-order valence-electron chi connectivity index (χ0n) is 13.2. The molecule has 6 heteroatoms. The van der Waals surface area contributed by atoms with Gasteiger partial charge in [0, 0.05) is 19.7 Å². The van der Waals surface area contributed by atoms with Crippen LogP contribution in [0.2, 0.25) is 0 Å². The molecule has 1 aliphatic heterocycles. The predicted octanol–water partition coefficient (Wildman–Crippen LogP) is 1.55. The third-order valence-electron chi connectivity index (χ3n) is 4.47. The molecule has 1 saturated heterocycles. The molecule has 4 N–H and O–H groups in total. The summed E-state index contributed by atoms with van der Waals surface area (Å²) in [7, 11) is 0. The van der Waals surface area contributed by atoms with Crippen molar-refractivity contribution in [1.29, 1.82) is 0 Å². The van der Waals surface area contributed by atoms with Crippen molar-refractivity contribution in [2.24, 2.45) is 22.2 Å². The third kappa shape index (κ3) is 3.87. The van der Waals surface area contributed by atoms with Gasteiger partial charge in [0.2, 0.25) is 5.91 Å². The third-order valence-corrected chi connectivity index (χ3v) is 4.47. The van der Waals surface area contributed by atoms with Gasteiger partial charge in [0.15, 0.2) is 5.84 Å². The Morgan fingerprint density at radius 1 is 1.38 bits per heavy atom. The Kier molecular flexibility index (Phi) is 6.95. The molecule has 1 rings (SSSR count). The number of hydrogen-bond acceptors (Lipinski definition) is 4. The topological polar surface area (TPSA) is 99.2 Å². The number of oxime groups is 1. The maximum Gasteiger partial charge on any atom is 0.236 e. The fraction of sp³-hybridized carbons (Fsp3) is 0.867. The van der Waals surface area contributed by atoms with E-state index in [2.05, 4.69) is 5.16 Å². The molecule has 1 atom stereocenters. The maximum atomic E-state index is 13.0. The lowest BCUT2D eigenvalue weighted by molar-refractivity contribution is -0.138. The number of nitrogens with zero attached hydrogens (tertiary/aromatic N) is 2. The van der Waals surface area contributed by atoms with Crippen LogP contribution in [0.25, 0.3) is 0 Å². The van der Waals surface area contributed by atoms with E-state index in [0.29, 0.717) is 31.8 Å². The highest BCUT2D eigenvalue weighted by Crippen LogP contribution is 2.35. The van der Waals surface area contributed by atoms with Crippen LogP contribution in [-0.2, 0) is 4.79 Å². The van der Waals surface area contributed by atoms with Gasteiger partial charge >= 0.3 is 0 Å². The van der Waals surface area contributed by atoms with Crippen LogP contribution in [0.5, 0.6) is 0 Å². The molecule has 122 valence electrons. The SMILES string of the molecule is CCCC(CCC)(C(=O)N1CCC(CCO)C1)C(N)=NO. The Morgan fingerprint density at radius 3 is 2.48 bits per heavy atom. The van der Waals surface area contributed by atoms with Gasteiger partial charge in [0.25, 0.3) is 0 Å². The monoisotopic (exact) mass is 299 g/mol. The molecule has 1 aliphatic rings. The quantitative estimate of drug-likeness (QED) is 0.274. The second kappa shape index (κ2) is 8.22. The van der Waals surface area contributed by atoms with Gasteiger partial charge in [0.05, 0.1) is 0 Å². The first-order valence-electron chi connectivity index (χ1n) is 7.93. The number of aliphatic hydroxyl groups excluding tert-OH is 1.